The molecule has 1 aliphatic heterocycles. The van der Waals surface area contributed by atoms with Crippen molar-refractivity contribution in [3.63, 3.8) is 0 Å². The average Bonchev–Trinajstić information content (AvgIpc) is 2.92. The highest BCUT2D eigenvalue weighted by Gasteiger charge is 2.46. The van der Waals surface area contributed by atoms with E-state index in [2.05, 4.69) is 13.8 Å². The molecule has 2 atom stereocenters. The Hall–Kier alpha value is -2.92. The maximum absolute atomic E-state index is 12.8. The van der Waals surface area contributed by atoms with Crippen molar-refractivity contribution in [2.45, 2.75) is 45.8 Å². The zero-order valence-corrected chi connectivity index (χ0v) is 17.2. The number of aryl methyl sites for hydroxylation is 1. The molecule has 0 spiro atoms. The second-order valence-electron chi connectivity index (χ2n) is 7.99. The molecule has 2 aromatic rings. The summed E-state index contributed by atoms with van der Waals surface area (Å²) in [4.78, 5) is 26.9. The molecule has 1 fully saturated rings. The number of aliphatic hydroxyl groups excluding tert-OH is 2. The molecule has 3 rings (SSSR count). The third-order valence-corrected chi connectivity index (χ3v) is 5.24. The monoisotopic (exact) mass is 393 g/mol. The van der Waals surface area contributed by atoms with Gasteiger partial charge in [-0.3, -0.25) is 9.59 Å². The number of aliphatic hydroxyl groups is 2. The van der Waals surface area contributed by atoms with Gasteiger partial charge in [0.2, 0.25) is 0 Å². The van der Waals surface area contributed by atoms with E-state index in [1.165, 1.54) is 4.90 Å². The summed E-state index contributed by atoms with van der Waals surface area (Å²) < 4.78 is 0. The maximum atomic E-state index is 12.8. The lowest BCUT2D eigenvalue weighted by Crippen LogP contribution is -2.35. The number of ketones is 1. The van der Waals surface area contributed by atoms with Crippen LogP contribution in [0, 0.1) is 6.92 Å². The first-order valence-corrected chi connectivity index (χ1v) is 9.84. The molecule has 1 heterocycles. The molecule has 29 heavy (non-hydrogen) atoms. The summed E-state index contributed by atoms with van der Waals surface area (Å²) in [5.41, 5.74) is 3.42. The van der Waals surface area contributed by atoms with Gasteiger partial charge in [0.25, 0.3) is 11.7 Å². The van der Waals surface area contributed by atoms with E-state index in [1.807, 2.05) is 43.3 Å². The first-order valence-electron chi connectivity index (χ1n) is 9.84. The van der Waals surface area contributed by atoms with Crippen LogP contribution in [0.4, 0.5) is 0 Å². The Bertz CT molecular complexity index is 940. The number of carbonyl (C=O) groups excluding carboxylic acids is 2. The van der Waals surface area contributed by atoms with Gasteiger partial charge in [-0.15, -0.1) is 0 Å². The number of β-amino-alcohol motifs (C(OH)–C–C–N with tert-alkyl or cyclic N) is 1. The van der Waals surface area contributed by atoms with Crippen molar-refractivity contribution in [1.29, 1.82) is 0 Å². The first kappa shape index (κ1) is 20.8. The molecule has 0 aromatic heterocycles. The standard InChI is InChI=1S/C24H27NO4/c1-14(2)17-9-11-18(12-10-17)21-20(22(27)19-7-5-15(3)6-8-19)23(28)24(29)25(21)13-16(4)26/h5-12,14,16,21,26-27H,13H2,1-4H3/t16-,21-/m1/s1. The Morgan fingerprint density at radius 3 is 2.10 bits per heavy atom. The van der Waals surface area contributed by atoms with Gasteiger partial charge in [0.05, 0.1) is 17.7 Å². The third-order valence-electron chi connectivity index (χ3n) is 5.24. The summed E-state index contributed by atoms with van der Waals surface area (Å²) >= 11 is 0. The summed E-state index contributed by atoms with van der Waals surface area (Å²) in [5.74, 6) is -1.30. The number of rotatable bonds is 5. The van der Waals surface area contributed by atoms with Gasteiger partial charge in [-0.25, -0.2) is 0 Å². The van der Waals surface area contributed by atoms with Gasteiger partial charge in [0.1, 0.15) is 5.76 Å². The molecule has 5 heteroatoms. The minimum Gasteiger partial charge on any atom is -0.507 e. The molecular weight excluding hydrogens is 366 g/mol. The molecule has 2 aromatic carbocycles. The first-order chi connectivity index (χ1) is 13.7. The Morgan fingerprint density at radius 2 is 1.59 bits per heavy atom. The van der Waals surface area contributed by atoms with Gasteiger partial charge in [-0.2, -0.15) is 0 Å². The van der Waals surface area contributed by atoms with Crippen LogP contribution in [0.2, 0.25) is 0 Å². The van der Waals surface area contributed by atoms with Crippen LogP contribution in [0.15, 0.2) is 54.1 Å². The Kier molecular flexibility index (Phi) is 5.89. The fourth-order valence-electron chi connectivity index (χ4n) is 3.63. The molecule has 5 nitrogen and oxygen atoms in total. The second kappa shape index (κ2) is 8.21. The van der Waals surface area contributed by atoms with Gasteiger partial charge in [0.15, 0.2) is 0 Å². The van der Waals surface area contributed by atoms with Crippen LogP contribution in [-0.4, -0.2) is 39.5 Å². The Labute approximate surface area is 171 Å². The highest BCUT2D eigenvalue weighted by molar-refractivity contribution is 6.46. The SMILES string of the molecule is Cc1ccc(C(O)=C2C(=O)C(=O)N(C[C@@H](C)O)[C@@H]2c2ccc(C(C)C)cc2)cc1. The topological polar surface area (TPSA) is 77.8 Å². The summed E-state index contributed by atoms with van der Waals surface area (Å²) in [5, 5.41) is 20.8. The normalized spacial score (nSPS) is 19.8. The van der Waals surface area contributed by atoms with E-state index in [1.54, 1.807) is 19.1 Å². The number of nitrogens with zero attached hydrogens (tertiary/aromatic N) is 1. The zero-order chi connectivity index (χ0) is 21.3. The van der Waals surface area contributed by atoms with Crippen LogP contribution < -0.4 is 0 Å². The molecule has 1 saturated heterocycles. The molecule has 0 saturated carbocycles. The van der Waals surface area contributed by atoms with E-state index in [0.717, 1.165) is 16.7 Å². The number of benzene rings is 2. The van der Waals surface area contributed by atoms with Crippen LogP contribution >= 0.6 is 0 Å². The Morgan fingerprint density at radius 1 is 1.00 bits per heavy atom. The van der Waals surface area contributed by atoms with Gasteiger partial charge in [0, 0.05) is 12.1 Å². The van der Waals surface area contributed by atoms with E-state index < -0.39 is 23.8 Å². The number of Topliss-reactive ketones (excluding diaryl/α,β-unsaturated/α-hetero) is 1. The molecule has 0 unspecified atom stereocenters. The molecule has 0 aliphatic carbocycles. The van der Waals surface area contributed by atoms with Crippen molar-refractivity contribution in [3.8, 4) is 0 Å². The van der Waals surface area contributed by atoms with Crippen molar-refractivity contribution >= 4 is 17.4 Å². The lowest BCUT2D eigenvalue weighted by molar-refractivity contribution is -0.140. The van der Waals surface area contributed by atoms with Crippen molar-refractivity contribution in [1.82, 2.24) is 4.90 Å². The van der Waals surface area contributed by atoms with Crippen LogP contribution in [0.1, 0.15) is 55.0 Å². The molecule has 1 amide bonds. The number of carbonyl (C=O) groups is 2. The van der Waals surface area contributed by atoms with Crippen molar-refractivity contribution in [3.05, 3.63) is 76.4 Å². The summed E-state index contributed by atoms with van der Waals surface area (Å²) in [6, 6.07) is 14.1. The van der Waals surface area contributed by atoms with Gasteiger partial charge >= 0.3 is 0 Å². The highest BCUT2D eigenvalue weighted by atomic mass is 16.3. The van der Waals surface area contributed by atoms with Gasteiger partial charge in [-0.1, -0.05) is 67.9 Å². The van der Waals surface area contributed by atoms with E-state index in [4.69, 9.17) is 0 Å². The molecule has 0 radical (unpaired) electrons. The largest absolute Gasteiger partial charge is 0.507 e. The molecule has 0 bridgehead atoms. The second-order valence-corrected chi connectivity index (χ2v) is 7.99. The van der Waals surface area contributed by atoms with Gasteiger partial charge in [-0.05, 0) is 30.9 Å². The fraction of sp³-hybridized carbons (Fsp3) is 0.333. The van der Waals surface area contributed by atoms with Gasteiger partial charge < -0.3 is 15.1 Å². The van der Waals surface area contributed by atoms with Crippen LogP contribution in [0.5, 0.6) is 0 Å². The summed E-state index contributed by atoms with van der Waals surface area (Å²) in [7, 11) is 0. The number of hydrogen-bond donors (Lipinski definition) is 2. The molecule has 2 N–H and O–H groups in total. The van der Waals surface area contributed by atoms with Crippen LogP contribution in [-0.2, 0) is 9.59 Å². The van der Waals surface area contributed by atoms with E-state index in [9.17, 15) is 19.8 Å². The van der Waals surface area contributed by atoms with Crippen molar-refractivity contribution < 1.29 is 19.8 Å². The summed E-state index contributed by atoms with van der Waals surface area (Å²) in [6.07, 6.45) is -0.801. The summed E-state index contributed by atoms with van der Waals surface area (Å²) in [6.45, 7) is 7.68. The smallest absolute Gasteiger partial charge is 0.295 e. The maximum Gasteiger partial charge on any atom is 0.295 e. The molecule has 1 aliphatic rings. The lowest BCUT2D eigenvalue weighted by Gasteiger charge is -2.26. The van der Waals surface area contributed by atoms with E-state index >= 15 is 0 Å². The average molecular weight is 393 g/mol. The van der Waals surface area contributed by atoms with Crippen molar-refractivity contribution in [2.24, 2.45) is 0 Å². The van der Waals surface area contributed by atoms with E-state index in [0.29, 0.717) is 11.5 Å². The van der Waals surface area contributed by atoms with Crippen LogP contribution in [0.3, 0.4) is 0 Å². The predicted molar refractivity (Wildman–Crippen MR) is 112 cm³/mol. The number of likely N-dealkylation sites (tertiary alicyclic amines) is 1. The number of amides is 1. The number of hydrogen-bond acceptors (Lipinski definition) is 4. The highest BCUT2D eigenvalue weighted by Crippen LogP contribution is 2.39. The predicted octanol–water partition coefficient (Wildman–Crippen LogP) is 3.92. The molecular formula is C24H27NO4. The fourth-order valence-corrected chi connectivity index (χ4v) is 3.63. The minimum atomic E-state index is -0.801. The molecule has 152 valence electrons. The Balaban J connectivity index is 2.15. The lowest BCUT2D eigenvalue weighted by atomic mass is 9.93. The quantitative estimate of drug-likeness (QED) is 0.458. The zero-order valence-electron chi connectivity index (χ0n) is 17.2. The third kappa shape index (κ3) is 4.10. The van der Waals surface area contributed by atoms with Crippen molar-refractivity contribution in [2.75, 3.05) is 6.54 Å². The minimum absolute atomic E-state index is 0.00580. The van der Waals surface area contributed by atoms with Crippen LogP contribution in [0.25, 0.3) is 5.76 Å². The van der Waals surface area contributed by atoms with E-state index in [-0.39, 0.29) is 17.9 Å².